The van der Waals surface area contributed by atoms with Crippen molar-refractivity contribution in [1.82, 2.24) is 0 Å². The van der Waals surface area contributed by atoms with Crippen molar-refractivity contribution in [3.8, 4) is 11.5 Å². The van der Waals surface area contributed by atoms with E-state index in [-0.39, 0.29) is 17.2 Å². The van der Waals surface area contributed by atoms with Crippen molar-refractivity contribution >= 4 is 27.3 Å². The molecular weight excluding hydrogens is 464 g/mol. The van der Waals surface area contributed by atoms with Crippen LogP contribution in [0.15, 0.2) is 65.6 Å². The quantitative estimate of drug-likeness (QED) is 0.367. The first-order valence-corrected chi connectivity index (χ1v) is 13.1. The van der Waals surface area contributed by atoms with Gasteiger partial charge >= 0.3 is 0 Å². The summed E-state index contributed by atoms with van der Waals surface area (Å²) in [6.07, 6.45) is 0.804. The van der Waals surface area contributed by atoms with Crippen molar-refractivity contribution in [1.29, 1.82) is 0 Å². The first-order valence-electron chi connectivity index (χ1n) is 11.6. The molecule has 0 unspecified atom stereocenters. The van der Waals surface area contributed by atoms with E-state index >= 15 is 0 Å². The predicted molar refractivity (Wildman–Crippen MR) is 139 cm³/mol. The third kappa shape index (κ3) is 6.99. The number of carbonyl (C=O) groups excluding carboxylic acids is 1. The molecule has 0 aromatic heterocycles. The SMILES string of the molecule is CCOc1ccc(CCC(=O)Nc2ccc(S(=O)(=O)Nc3c(C)cccc3C)cc2)cc1OCC. The summed E-state index contributed by atoms with van der Waals surface area (Å²) >= 11 is 0. The molecular formula is C27H32N2O5S. The second-order valence-corrected chi connectivity index (χ2v) is 9.77. The maximum Gasteiger partial charge on any atom is 0.261 e. The molecule has 3 aromatic rings. The van der Waals surface area contributed by atoms with Crippen LogP contribution in [0.4, 0.5) is 11.4 Å². The van der Waals surface area contributed by atoms with E-state index in [2.05, 4.69) is 10.0 Å². The minimum absolute atomic E-state index is 0.121. The van der Waals surface area contributed by atoms with Crippen LogP contribution in [0.1, 0.15) is 37.0 Å². The molecule has 3 rings (SSSR count). The van der Waals surface area contributed by atoms with Crippen molar-refractivity contribution in [2.45, 2.75) is 45.4 Å². The molecule has 0 radical (unpaired) electrons. The summed E-state index contributed by atoms with van der Waals surface area (Å²) in [5, 5.41) is 2.82. The van der Waals surface area contributed by atoms with E-state index in [0.717, 1.165) is 16.7 Å². The molecule has 35 heavy (non-hydrogen) atoms. The lowest BCUT2D eigenvalue weighted by Gasteiger charge is -2.14. The number of ether oxygens (including phenoxy) is 2. The van der Waals surface area contributed by atoms with Crippen LogP contribution in [-0.4, -0.2) is 27.5 Å². The molecule has 0 heterocycles. The second kappa shape index (κ2) is 11.8. The Morgan fingerprint density at radius 2 is 1.49 bits per heavy atom. The molecule has 0 atom stereocenters. The molecule has 0 aliphatic carbocycles. The molecule has 3 aromatic carbocycles. The van der Waals surface area contributed by atoms with Crippen LogP contribution in [0, 0.1) is 13.8 Å². The Balaban J connectivity index is 1.60. The third-order valence-electron chi connectivity index (χ3n) is 5.41. The van der Waals surface area contributed by atoms with Gasteiger partial charge in [0.25, 0.3) is 10.0 Å². The van der Waals surface area contributed by atoms with Crippen LogP contribution in [0.3, 0.4) is 0 Å². The van der Waals surface area contributed by atoms with E-state index in [4.69, 9.17) is 9.47 Å². The number of hydrogen-bond donors (Lipinski definition) is 2. The van der Waals surface area contributed by atoms with Gasteiger partial charge in [-0.1, -0.05) is 24.3 Å². The van der Waals surface area contributed by atoms with Gasteiger partial charge in [0.15, 0.2) is 11.5 Å². The number of aryl methyl sites for hydroxylation is 3. The van der Waals surface area contributed by atoms with Crippen LogP contribution >= 0.6 is 0 Å². The molecule has 0 aliphatic rings. The third-order valence-corrected chi connectivity index (χ3v) is 6.78. The zero-order chi connectivity index (χ0) is 25.4. The average Bonchev–Trinajstić information content (AvgIpc) is 2.82. The first-order chi connectivity index (χ1) is 16.7. The van der Waals surface area contributed by atoms with Crippen molar-refractivity contribution in [3.63, 3.8) is 0 Å². The Morgan fingerprint density at radius 3 is 2.11 bits per heavy atom. The van der Waals surface area contributed by atoms with E-state index in [1.807, 2.05) is 64.1 Å². The van der Waals surface area contributed by atoms with Gasteiger partial charge in [-0.15, -0.1) is 0 Å². The largest absolute Gasteiger partial charge is 0.490 e. The number of hydrogen-bond acceptors (Lipinski definition) is 5. The number of carbonyl (C=O) groups is 1. The topological polar surface area (TPSA) is 93.7 Å². The van der Waals surface area contributed by atoms with Crippen LogP contribution in [0.5, 0.6) is 11.5 Å². The summed E-state index contributed by atoms with van der Waals surface area (Å²) in [7, 11) is -3.75. The van der Waals surface area contributed by atoms with Gasteiger partial charge < -0.3 is 14.8 Å². The normalized spacial score (nSPS) is 11.1. The van der Waals surface area contributed by atoms with E-state index in [1.54, 1.807) is 12.1 Å². The van der Waals surface area contributed by atoms with Gasteiger partial charge in [0.1, 0.15) is 0 Å². The number of rotatable bonds is 11. The lowest BCUT2D eigenvalue weighted by atomic mass is 10.1. The molecule has 1 amide bonds. The molecule has 7 nitrogen and oxygen atoms in total. The molecule has 0 aliphatic heterocycles. The lowest BCUT2D eigenvalue weighted by molar-refractivity contribution is -0.116. The van der Waals surface area contributed by atoms with Crippen molar-refractivity contribution in [3.05, 3.63) is 77.4 Å². The van der Waals surface area contributed by atoms with Crippen LogP contribution < -0.4 is 19.5 Å². The van der Waals surface area contributed by atoms with E-state index in [0.29, 0.717) is 42.5 Å². The number of para-hydroxylation sites is 1. The number of anilines is 2. The van der Waals surface area contributed by atoms with Gasteiger partial charge in [0, 0.05) is 12.1 Å². The summed E-state index contributed by atoms with van der Waals surface area (Å²) in [5.74, 6) is 1.18. The molecule has 8 heteroatoms. The predicted octanol–water partition coefficient (Wildman–Crippen LogP) is 5.47. The van der Waals surface area contributed by atoms with Gasteiger partial charge in [0.05, 0.1) is 23.8 Å². The summed E-state index contributed by atoms with van der Waals surface area (Å²) in [6, 6.07) is 17.4. The molecule has 0 saturated heterocycles. The average molecular weight is 497 g/mol. The van der Waals surface area contributed by atoms with Crippen LogP contribution in [-0.2, 0) is 21.2 Å². The molecule has 0 saturated carbocycles. The Morgan fingerprint density at radius 1 is 0.857 bits per heavy atom. The highest BCUT2D eigenvalue weighted by Gasteiger charge is 2.17. The highest BCUT2D eigenvalue weighted by molar-refractivity contribution is 7.92. The smallest absolute Gasteiger partial charge is 0.261 e. The van der Waals surface area contributed by atoms with Gasteiger partial charge in [0.2, 0.25) is 5.91 Å². The van der Waals surface area contributed by atoms with Gasteiger partial charge in [-0.05, 0) is 87.2 Å². The minimum Gasteiger partial charge on any atom is -0.490 e. The molecule has 0 spiro atoms. The van der Waals surface area contributed by atoms with Crippen molar-refractivity contribution in [2.24, 2.45) is 0 Å². The van der Waals surface area contributed by atoms with E-state index in [1.165, 1.54) is 12.1 Å². The molecule has 186 valence electrons. The zero-order valence-corrected chi connectivity index (χ0v) is 21.4. The standard InChI is InChI=1S/C27H32N2O5S/c1-5-33-24-16-10-21(18-25(24)34-6-2)11-17-26(30)28-22-12-14-23(15-13-22)35(31,32)29-27-19(3)8-7-9-20(27)4/h7-10,12-16,18,29H,5-6,11,17H2,1-4H3,(H,28,30). The fourth-order valence-corrected chi connectivity index (χ4v) is 4.82. The number of benzene rings is 3. The maximum absolute atomic E-state index is 12.8. The fourth-order valence-electron chi connectivity index (χ4n) is 3.62. The number of sulfonamides is 1. The highest BCUT2D eigenvalue weighted by atomic mass is 32.2. The number of nitrogens with one attached hydrogen (secondary N) is 2. The first kappa shape index (κ1) is 26.1. The minimum atomic E-state index is -3.75. The molecule has 0 fully saturated rings. The maximum atomic E-state index is 12.8. The van der Waals surface area contributed by atoms with Crippen molar-refractivity contribution < 1.29 is 22.7 Å². The molecule has 0 bridgehead atoms. The van der Waals surface area contributed by atoms with Gasteiger partial charge in [-0.25, -0.2) is 8.42 Å². The summed E-state index contributed by atoms with van der Waals surface area (Å²) in [6.45, 7) is 8.60. The Bertz CT molecular complexity index is 1250. The van der Waals surface area contributed by atoms with E-state index < -0.39 is 10.0 Å². The van der Waals surface area contributed by atoms with Crippen molar-refractivity contribution in [2.75, 3.05) is 23.3 Å². The Kier molecular flexibility index (Phi) is 8.76. The molecule has 2 N–H and O–H groups in total. The van der Waals surface area contributed by atoms with Crippen LogP contribution in [0.25, 0.3) is 0 Å². The summed E-state index contributed by atoms with van der Waals surface area (Å²) < 4.78 is 39.5. The summed E-state index contributed by atoms with van der Waals surface area (Å²) in [5.41, 5.74) is 3.76. The highest BCUT2D eigenvalue weighted by Crippen LogP contribution is 2.29. The number of amides is 1. The van der Waals surface area contributed by atoms with Gasteiger partial charge in [-0.2, -0.15) is 0 Å². The van der Waals surface area contributed by atoms with Gasteiger partial charge in [-0.3, -0.25) is 9.52 Å². The second-order valence-electron chi connectivity index (χ2n) is 8.09. The lowest BCUT2D eigenvalue weighted by Crippen LogP contribution is -2.15. The summed E-state index contributed by atoms with van der Waals surface area (Å²) in [4.78, 5) is 12.6. The van der Waals surface area contributed by atoms with Crippen LogP contribution in [0.2, 0.25) is 0 Å². The Labute approximate surface area is 207 Å². The van der Waals surface area contributed by atoms with E-state index in [9.17, 15) is 13.2 Å². The Hall–Kier alpha value is -3.52. The monoisotopic (exact) mass is 496 g/mol. The fraction of sp³-hybridized carbons (Fsp3) is 0.296. The zero-order valence-electron chi connectivity index (χ0n) is 20.6.